The van der Waals surface area contributed by atoms with Crippen LogP contribution in [-0.2, 0) is 29.8 Å². The zero-order valence-corrected chi connectivity index (χ0v) is 15.1. The molecular formula is C13H17Cl2SiZr-. The molecule has 0 fully saturated rings. The summed E-state index contributed by atoms with van der Waals surface area (Å²) >= 11 is 1.74. The number of halogens is 2. The van der Waals surface area contributed by atoms with Crippen molar-refractivity contribution in [2.45, 2.75) is 19.5 Å². The number of hydrogen-bond acceptors (Lipinski definition) is 0. The summed E-state index contributed by atoms with van der Waals surface area (Å²) in [4.78, 5) is 0. The minimum atomic E-state index is 0. The smallest absolute Gasteiger partial charge is 1.00 e. The first kappa shape index (κ1) is 19.8. The van der Waals surface area contributed by atoms with Gasteiger partial charge in [0.25, 0.3) is 0 Å². The quantitative estimate of drug-likeness (QED) is 0.402. The average molecular weight is 363 g/mol. The van der Waals surface area contributed by atoms with E-state index in [9.17, 15) is 0 Å². The van der Waals surface area contributed by atoms with Crippen molar-refractivity contribution in [3.8, 4) is 0 Å². The van der Waals surface area contributed by atoms with Gasteiger partial charge in [0.1, 0.15) is 0 Å². The third-order valence-electron chi connectivity index (χ3n) is 2.03. The van der Waals surface area contributed by atoms with Gasteiger partial charge in [-0.3, -0.25) is 0 Å². The molecule has 0 aliphatic heterocycles. The molecule has 0 saturated carbocycles. The van der Waals surface area contributed by atoms with E-state index in [1.54, 1.807) is 23.3 Å². The van der Waals surface area contributed by atoms with Gasteiger partial charge >= 0.3 is 41.9 Å². The predicted molar refractivity (Wildman–Crippen MR) is 65.0 cm³/mol. The van der Waals surface area contributed by atoms with Crippen LogP contribution in [0.4, 0.5) is 0 Å². The van der Waals surface area contributed by atoms with Crippen LogP contribution >= 0.6 is 0 Å². The van der Waals surface area contributed by atoms with Crippen molar-refractivity contribution in [2.24, 2.45) is 5.92 Å². The van der Waals surface area contributed by atoms with Crippen LogP contribution < -0.4 is 24.8 Å². The van der Waals surface area contributed by atoms with E-state index >= 15 is 0 Å². The zero-order chi connectivity index (χ0) is 11.1. The van der Waals surface area contributed by atoms with Gasteiger partial charge in [0.05, 0.1) is 0 Å². The van der Waals surface area contributed by atoms with Crippen LogP contribution in [0, 0.1) is 5.92 Å². The van der Waals surface area contributed by atoms with Crippen LogP contribution in [0.25, 0.3) is 0 Å². The molecule has 0 N–H and O–H groups in total. The first-order valence-electron chi connectivity index (χ1n) is 5.26. The van der Waals surface area contributed by atoms with E-state index in [4.69, 9.17) is 0 Å². The Morgan fingerprint density at radius 2 is 1.47 bits per heavy atom. The van der Waals surface area contributed by atoms with Gasteiger partial charge in [-0.2, -0.15) is 17.7 Å². The monoisotopic (exact) mass is 361 g/mol. The van der Waals surface area contributed by atoms with E-state index in [0.29, 0.717) is 5.92 Å². The Kier molecular flexibility index (Phi) is 13.5. The Morgan fingerprint density at radius 1 is 1.06 bits per heavy atom. The maximum Gasteiger partial charge on any atom is -1.00 e. The van der Waals surface area contributed by atoms with Gasteiger partial charge in [0, 0.05) is 0 Å². The molecule has 17 heavy (non-hydrogen) atoms. The second-order valence-corrected chi connectivity index (χ2v) is 13.3. The fraction of sp³-hybridized carbons (Fsp3) is 0.308. The topological polar surface area (TPSA) is 0 Å². The summed E-state index contributed by atoms with van der Waals surface area (Å²) in [6.07, 6.45) is 9.88. The summed E-state index contributed by atoms with van der Waals surface area (Å²) < 4.78 is 0. The van der Waals surface area contributed by atoms with Crippen LogP contribution in [0.5, 0.6) is 0 Å². The Bertz CT molecular complexity index is 340. The molecule has 1 aliphatic rings. The molecule has 1 aliphatic carbocycles. The van der Waals surface area contributed by atoms with Crippen LogP contribution in [0.15, 0.2) is 48.6 Å². The molecule has 0 radical (unpaired) electrons. The molecule has 0 heterocycles. The summed E-state index contributed by atoms with van der Waals surface area (Å²) in [5.74, 6) is 0.636. The Balaban J connectivity index is 0. The van der Waals surface area contributed by atoms with Crippen LogP contribution in [0.3, 0.4) is 0 Å². The largest absolute Gasteiger partial charge is 1.00 e. The normalized spacial score (nSPS) is 12.2. The first-order valence-corrected chi connectivity index (χ1v) is 11.4. The van der Waals surface area contributed by atoms with Crippen molar-refractivity contribution < 1.29 is 48.1 Å². The third kappa shape index (κ3) is 10.1. The number of allylic oxidation sites excluding steroid dienone is 4. The van der Waals surface area contributed by atoms with Gasteiger partial charge < -0.3 is 24.8 Å². The van der Waals surface area contributed by atoms with Gasteiger partial charge in [-0.25, -0.2) is 12.1 Å². The van der Waals surface area contributed by atoms with E-state index in [0.717, 1.165) is 6.42 Å². The Labute approximate surface area is 132 Å². The fourth-order valence-electron chi connectivity index (χ4n) is 1.44. The average Bonchev–Trinajstić information content (AvgIpc) is 2.76. The van der Waals surface area contributed by atoms with Crippen LogP contribution in [-0.4, -0.2) is 5.43 Å². The Morgan fingerprint density at radius 3 is 1.88 bits per heavy atom. The molecule has 1 aromatic carbocycles. The van der Waals surface area contributed by atoms with Gasteiger partial charge in [-0.15, -0.1) is 0 Å². The fourth-order valence-corrected chi connectivity index (χ4v) is 1.44. The molecule has 0 spiro atoms. The second kappa shape index (κ2) is 11.6. The van der Waals surface area contributed by atoms with E-state index in [1.807, 2.05) is 0 Å². The van der Waals surface area contributed by atoms with Crippen molar-refractivity contribution in [3.05, 3.63) is 54.1 Å². The molecule has 0 amide bonds. The summed E-state index contributed by atoms with van der Waals surface area (Å²) in [5, 5.41) is 0. The molecule has 0 atom stereocenters. The first-order chi connectivity index (χ1) is 7.18. The molecular weight excluding hydrogens is 346 g/mol. The van der Waals surface area contributed by atoms with Crippen molar-refractivity contribution in [2.75, 3.05) is 0 Å². The predicted octanol–water partition coefficient (Wildman–Crippen LogP) is -2.52. The van der Waals surface area contributed by atoms with Crippen molar-refractivity contribution in [1.82, 2.24) is 0 Å². The maximum atomic E-state index is 2.31. The van der Waals surface area contributed by atoms with Crippen molar-refractivity contribution >= 4 is 5.43 Å². The minimum Gasteiger partial charge on any atom is -1.00 e. The standard InChI is InChI=1S/C11H11.C2H6Si.2ClH.Zr/c1-2-6-10(5-1)9-11-7-3-4-8-11;1-3-2;;;/h1-8,10H,9H2;1-2H3;2*1H;/q-1;;;;+2/p-2. The molecule has 0 saturated heterocycles. The molecule has 92 valence electrons. The molecule has 0 aromatic heterocycles. The molecule has 1 aromatic rings. The molecule has 0 nitrogen and oxygen atoms in total. The number of hydrogen-bond donors (Lipinski definition) is 0. The summed E-state index contributed by atoms with van der Waals surface area (Å²) in [7, 11) is 0. The molecule has 0 bridgehead atoms. The summed E-state index contributed by atoms with van der Waals surface area (Å²) in [5.41, 5.74) is 1.65. The van der Waals surface area contributed by atoms with Crippen molar-refractivity contribution in [1.29, 1.82) is 0 Å². The zero-order valence-electron chi connectivity index (χ0n) is 10.2. The van der Waals surface area contributed by atoms with Gasteiger partial charge in [0.15, 0.2) is 0 Å². The Hall–Kier alpha value is 0.510. The van der Waals surface area contributed by atoms with Crippen LogP contribution in [0.2, 0.25) is 13.1 Å². The maximum absolute atomic E-state index is 2.31. The van der Waals surface area contributed by atoms with Gasteiger partial charge in [-0.05, 0) is 5.92 Å². The van der Waals surface area contributed by atoms with Crippen LogP contribution in [0.1, 0.15) is 5.56 Å². The second-order valence-electron chi connectivity index (χ2n) is 3.93. The van der Waals surface area contributed by atoms with E-state index in [-0.39, 0.29) is 30.2 Å². The van der Waals surface area contributed by atoms with E-state index in [2.05, 4.69) is 61.7 Å². The van der Waals surface area contributed by atoms with E-state index in [1.165, 1.54) is 5.56 Å². The molecule has 4 heteroatoms. The summed E-state index contributed by atoms with van der Waals surface area (Å²) in [6.45, 7) is 4.62. The number of rotatable bonds is 2. The summed E-state index contributed by atoms with van der Waals surface area (Å²) in [6, 6.07) is 8.55. The van der Waals surface area contributed by atoms with Gasteiger partial charge in [-0.1, -0.05) is 30.7 Å². The van der Waals surface area contributed by atoms with Gasteiger partial charge in [0.2, 0.25) is 0 Å². The molecule has 0 unspecified atom stereocenters. The minimum absolute atomic E-state index is 0. The van der Waals surface area contributed by atoms with E-state index < -0.39 is 0 Å². The SMILES string of the molecule is C1=CC(C[c-]2cccc2)C=C1.C[Si](C)=[Zr+2].[Cl-].[Cl-]. The molecule has 2 rings (SSSR count). The van der Waals surface area contributed by atoms with Crippen molar-refractivity contribution in [3.63, 3.8) is 0 Å². The third-order valence-corrected chi connectivity index (χ3v) is 2.03.